The van der Waals surface area contributed by atoms with E-state index >= 15 is 0 Å². The molecule has 36 heavy (non-hydrogen) atoms. The minimum Gasteiger partial charge on any atom is -0.334 e. The van der Waals surface area contributed by atoms with Crippen LogP contribution in [0.2, 0.25) is 0 Å². The van der Waals surface area contributed by atoms with Gasteiger partial charge in [-0.05, 0) is 44.4 Å². The average molecular weight is 489 g/mol. The molecule has 3 aromatic rings. The molecule has 192 valence electrons. The molecule has 1 aromatic heterocycles. The monoisotopic (exact) mass is 488 g/mol. The maximum absolute atomic E-state index is 13.2. The first kappa shape index (κ1) is 27.2. The summed E-state index contributed by atoms with van der Waals surface area (Å²) in [6.45, 7) is 8.63. The predicted octanol–water partition coefficient (Wildman–Crippen LogP) is 6.69. The number of unbranched alkanes of at least 4 members (excludes halogenated alkanes) is 5. The van der Waals surface area contributed by atoms with E-state index in [0.717, 1.165) is 47.3 Å². The van der Waals surface area contributed by atoms with Gasteiger partial charge in [0.2, 0.25) is 11.8 Å². The van der Waals surface area contributed by atoms with E-state index in [9.17, 15) is 9.59 Å². The van der Waals surface area contributed by atoms with Crippen LogP contribution in [0.15, 0.2) is 54.6 Å². The maximum atomic E-state index is 13.2. The van der Waals surface area contributed by atoms with Crippen molar-refractivity contribution in [2.45, 2.75) is 72.6 Å². The van der Waals surface area contributed by atoms with Gasteiger partial charge in [0.05, 0.1) is 17.9 Å². The van der Waals surface area contributed by atoms with Gasteiger partial charge >= 0.3 is 0 Å². The van der Waals surface area contributed by atoms with Gasteiger partial charge in [-0.15, -0.1) is 0 Å². The molecule has 0 saturated heterocycles. The third-order valence-electron chi connectivity index (χ3n) is 6.54. The summed E-state index contributed by atoms with van der Waals surface area (Å²) >= 11 is 0. The Bertz CT molecular complexity index is 1140. The van der Waals surface area contributed by atoms with Crippen LogP contribution in [0.3, 0.4) is 0 Å². The van der Waals surface area contributed by atoms with Crippen molar-refractivity contribution in [3.8, 4) is 16.8 Å². The van der Waals surface area contributed by atoms with Gasteiger partial charge in [-0.25, -0.2) is 4.68 Å². The summed E-state index contributed by atoms with van der Waals surface area (Å²) < 4.78 is 1.80. The summed E-state index contributed by atoms with van der Waals surface area (Å²) in [5, 5.41) is 7.90. The standard InChI is InChI=1S/C30H40N4O2/c1-5-7-8-9-10-14-21-28(36)33(6-2)22-27(35)31-30-29(25-18-12-11-13-19-25)24(4)32-34(30)26-20-16-15-17-23(26)3/h11-13,15-20H,5-10,14,21-22H2,1-4H3,(H,31,35). The van der Waals surface area contributed by atoms with Crippen molar-refractivity contribution < 1.29 is 9.59 Å². The Morgan fingerprint density at radius 3 is 2.25 bits per heavy atom. The predicted molar refractivity (Wildman–Crippen MR) is 147 cm³/mol. The Labute approximate surface area is 215 Å². The molecule has 6 nitrogen and oxygen atoms in total. The SMILES string of the molecule is CCCCCCCCC(=O)N(CC)CC(=O)Nc1c(-c2ccccc2)c(C)nn1-c1ccccc1C. The second-order valence-electron chi connectivity index (χ2n) is 9.35. The number of para-hydroxylation sites is 1. The first-order valence-corrected chi connectivity index (χ1v) is 13.2. The Balaban J connectivity index is 1.78. The van der Waals surface area contributed by atoms with E-state index in [-0.39, 0.29) is 18.4 Å². The van der Waals surface area contributed by atoms with Crippen LogP contribution < -0.4 is 5.32 Å². The molecule has 0 unspecified atom stereocenters. The van der Waals surface area contributed by atoms with Gasteiger partial charge in [0.25, 0.3) is 0 Å². The molecule has 0 aliphatic carbocycles. The van der Waals surface area contributed by atoms with Crippen LogP contribution in [-0.4, -0.2) is 39.6 Å². The number of anilines is 1. The topological polar surface area (TPSA) is 67.2 Å². The summed E-state index contributed by atoms with van der Waals surface area (Å²) in [7, 11) is 0. The Kier molecular flexibility index (Phi) is 10.3. The van der Waals surface area contributed by atoms with Gasteiger partial charge in [0.1, 0.15) is 5.82 Å². The van der Waals surface area contributed by atoms with Crippen LogP contribution in [0.5, 0.6) is 0 Å². The van der Waals surface area contributed by atoms with E-state index in [4.69, 9.17) is 5.10 Å². The molecule has 0 aliphatic rings. The molecule has 0 fully saturated rings. The smallest absolute Gasteiger partial charge is 0.245 e. The Morgan fingerprint density at radius 2 is 1.56 bits per heavy atom. The number of carbonyl (C=O) groups excluding carboxylic acids is 2. The summed E-state index contributed by atoms with van der Waals surface area (Å²) in [5.41, 5.74) is 4.65. The number of aromatic nitrogens is 2. The molecule has 3 rings (SSSR count). The van der Waals surface area contributed by atoms with Gasteiger partial charge in [-0.1, -0.05) is 87.6 Å². The fourth-order valence-electron chi connectivity index (χ4n) is 4.50. The quantitative estimate of drug-likeness (QED) is 0.272. The fraction of sp³-hybridized carbons (Fsp3) is 0.433. The molecule has 2 aromatic carbocycles. The van der Waals surface area contributed by atoms with Gasteiger partial charge < -0.3 is 10.2 Å². The maximum Gasteiger partial charge on any atom is 0.245 e. The van der Waals surface area contributed by atoms with E-state index in [1.165, 1.54) is 19.3 Å². The first-order chi connectivity index (χ1) is 17.5. The van der Waals surface area contributed by atoms with Gasteiger partial charge in [-0.3, -0.25) is 9.59 Å². The van der Waals surface area contributed by atoms with Crippen LogP contribution in [0, 0.1) is 13.8 Å². The minimum atomic E-state index is -0.222. The third kappa shape index (κ3) is 7.06. The number of nitrogens with one attached hydrogen (secondary N) is 1. The summed E-state index contributed by atoms with van der Waals surface area (Å²) in [4.78, 5) is 27.7. The van der Waals surface area contributed by atoms with E-state index in [1.807, 2.05) is 75.4 Å². The highest BCUT2D eigenvalue weighted by Crippen LogP contribution is 2.34. The zero-order valence-corrected chi connectivity index (χ0v) is 22.2. The summed E-state index contributed by atoms with van der Waals surface area (Å²) in [6, 6.07) is 17.9. The lowest BCUT2D eigenvalue weighted by atomic mass is 10.1. The van der Waals surface area contributed by atoms with Crippen molar-refractivity contribution in [2.24, 2.45) is 0 Å². The molecule has 0 spiro atoms. The van der Waals surface area contributed by atoms with E-state index < -0.39 is 0 Å². The second-order valence-corrected chi connectivity index (χ2v) is 9.35. The molecule has 0 aliphatic heterocycles. The van der Waals surface area contributed by atoms with Gasteiger partial charge in [-0.2, -0.15) is 5.10 Å². The van der Waals surface area contributed by atoms with Crippen molar-refractivity contribution in [3.63, 3.8) is 0 Å². The molecule has 1 N–H and O–H groups in total. The van der Waals surface area contributed by atoms with Crippen molar-refractivity contribution in [2.75, 3.05) is 18.4 Å². The van der Waals surface area contributed by atoms with E-state index in [1.54, 1.807) is 9.58 Å². The van der Waals surface area contributed by atoms with Crippen LogP contribution in [-0.2, 0) is 9.59 Å². The zero-order valence-electron chi connectivity index (χ0n) is 22.2. The molecule has 6 heteroatoms. The number of likely N-dealkylation sites (N-methyl/N-ethyl adjacent to an activating group) is 1. The zero-order chi connectivity index (χ0) is 25.9. The summed E-state index contributed by atoms with van der Waals surface area (Å²) in [6.07, 6.45) is 7.27. The number of aryl methyl sites for hydroxylation is 2. The van der Waals surface area contributed by atoms with Crippen LogP contribution in [0.25, 0.3) is 16.8 Å². The van der Waals surface area contributed by atoms with Crippen LogP contribution in [0.1, 0.15) is 70.1 Å². The van der Waals surface area contributed by atoms with Crippen molar-refractivity contribution in [3.05, 3.63) is 65.9 Å². The number of nitrogens with zero attached hydrogens (tertiary/aromatic N) is 3. The lowest BCUT2D eigenvalue weighted by Gasteiger charge is -2.21. The van der Waals surface area contributed by atoms with E-state index in [0.29, 0.717) is 18.8 Å². The number of rotatable bonds is 13. The summed E-state index contributed by atoms with van der Waals surface area (Å²) in [5.74, 6) is 0.438. The molecule has 1 heterocycles. The molecule has 0 atom stereocenters. The number of carbonyl (C=O) groups is 2. The molecule has 2 amide bonds. The molecule has 0 radical (unpaired) electrons. The molecular formula is C30H40N4O2. The van der Waals surface area contributed by atoms with Crippen LogP contribution in [0.4, 0.5) is 5.82 Å². The highest BCUT2D eigenvalue weighted by Gasteiger charge is 2.22. The van der Waals surface area contributed by atoms with Gasteiger partial charge in [0, 0.05) is 18.5 Å². The lowest BCUT2D eigenvalue weighted by molar-refractivity contribution is -0.134. The Hall–Kier alpha value is -3.41. The van der Waals surface area contributed by atoms with E-state index in [2.05, 4.69) is 12.2 Å². The number of hydrogen-bond donors (Lipinski definition) is 1. The van der Waals surface area contributed by atoms with Gasteiger partial charge in [0.15, 0.2) is 0 Å². The Morgan fingerprint density at radius 1 is 0.889 bits per heavy atom. The van der Waals surface area contributed by atoms with Crippen molar-refractivity contribution in [1.29, 1.82) is 0 Å². The number of amides is 2. The third-order valence-corrected chi connectivity index (χ3v) is 6.54. The minimum absolute atomic E-state index is 0.0252. The lowest BCUT2D eigenvalue weighted by Crippen LogP contribution is -2.38. The average Bonchev–Trinajstić information content (AvgIpc) is 3.20. The van der Waals surface area contributed by atoms with Crippen LogP contribution >= 0.6 is 0 Å². The normalized spacial score (nSPS) is 10.9. The molecule has 0 bridgehead atoms. The highest BCUT2D eigenvalue weighted by atomic mass is 16.2. The second kappa shape index (κ2) is 13.6. The largest absolute Gasteiger partial charge is 0.334 e. The molecular weight excluding hydrogens is 448 g/mol. The fourth-order valence-corrected chi connectivity index (χ4v) is 4.50. The van der Waals surface area contributed by atoms with Crippen molar-refractivity contribution >= 4 is 17.6 Å². The molecule has 0 saturated carbocycles. The van der Waals surface area contributed by atoms with Crippen molar-refractivity contribution in [1.82, 2.24) is 14.7 Å². The highest BCUT2D eigenvalue weighted by molar-refractivity contribution is 5.98. The first-order valence-electron chi connectivity index (χ1n) is 13.2. The number of benzene rings is 2. The number of hydrogen-bond acceptors (Lipinski definition) is 3.